The Morgan fingerprint density at radius 3 is 2.60 bits per heavy atom. The molecule has 4 rings (SSSR count). The summed E-state index contributed by atoms with van der Waals surface area (Å²) in [5, 5.41) is 21.7. The summed E-state index contributed by atoms with van der Waals surface area (Å²) in [5.74, 6) is -0.160. The van der Waals surface area contributed by atoms with E-state index in [1.165, 1.54) is 55.1 Å². The molecule has 0 radical (unpaired) electrons. The molecule has 8 heteroatoms. The third-order valence-electron chi connectivity index (χ3n) is 5.43. The van der Waals surface area contributed by atoms with Gasteiger partial charge in [0.05, 0.1) is 36.6 Å². The van der Waals surface area contributed by atoms with Crippen molar-refractivity contribution in [2.45, 2.75) is 18.1 Å². The fraction of sp³-hybridized carbons (Fsp3) is 0.273. The highest BCUT2D eigenvalue weighted by Gasteiger charge is 2.52. The topological polar surface area (TPSA) is 82.8 Å². The summed E-state index contributed by atoms with van der Waals surface area (Å²) in [5.41, 5.74) is -0.193. The first-order valence-electron chi connectivity index (χ1n) is 9.24. The van der Waals surface area contributed by atoms with Crippen molar-refractivity contribution >= 4 is 17.7 Å². The molecule has 2 aliphatic heterocycles. The van der Waals surface area contributed by atoms with Crippen molar-refractivity contribution < 1.29 is 23.8 Å². The molecule has 1 fully saturated rings. The first kappa shape index (κ1) is 20.3. The predicted molar refractivity (Wildman–Crippen MR) is 109 cm³/mol. The Labute approximate surface area is 177 Å². The number of para-hydroxylation sites is 1. The lowest BCUT2D eigenvalue weighted by atomic mass is 9.84. The molecule has 0 aromatic heterocycles. The maximum absolute atomic E-state index is 13.4. The summed E-state index contributed by atoms with van der Waals surface area (Å²) in [4.78, 5) is 14.5. The van der Waals surface area contributed by atoms with Crippen LogP contribution in [0.2, 0.25) is 0 Å². The number of benzene rings is 2. The lowest BCUT2D eigenvalue weighted by molar-refractivity contribution is -0.149. The van der Waals surface area contributed by atoms with Crippen LogP contribution in [-0.2, 0) is 10.5 Å². The van der Waals surface area contributed by atoms with Crippen molar-refractivity contribution in [2.24, 2.45) is 0 Å². The zero-order chi connectivity index (χ0) is 21.5. The minimum atomic E-state index is -1.64. The standard InChI is InChI=1S/C22H19FN2O4S/c1-28-18-5-3-4-15(20(18)29-2)16-10-19(26)25-21(17(16)11-24)30-12-22(25,27)13-6-8-14(23)9-7-13/h3-9,16,27H,10,12H2,1-2H3. The highest BCUT2D eigenvalue weighted by Crippen LogP contribution is 2.53. The van der Waals surface area contributed by atoms with Gasteiger partial charge in [-0.25, -0.2) is 4.39 Å². The third kappa shape index (κ3) is 3.02. The number of halogens is 1. The van der Waals surface area contributed by atoms with Crippen LogP contribution >= 0.6 is 11.8 Å². The number of nitriles is 1. The van der Waals surface area contributed by atoms with Gasteiger partial charge in [0.2, 0.25) is 5.91 Å². The maximum Gasteiger partial charge on any atom is 0.231 e. The molecule has 0 bridgehead atoms. The first-order valence-corrected chi connectivity index (χ1v) is 10.2. The molecule has 1 amide bonds. The molecule has 1 saturated heterocycles. The third-order valence-corrected chi connectivity index (χ3v) is 6.65. The van der Waals surface area contributed by atoms with Gasteiger partial charge >= 0.3 is 0 Å². The lowest BCUT2D eigenvalue weighted by Crippen LogP contribution is -2.48. The number of methoxy groups -OCH3 is 2. The van der Waals surface area contributed by atoms with Crippen LogP contribution in [-0.4, -0.2) is 35.9 Å². The second kappa shape index (κ2) is 7.67. The Balaban J connectivity index is 1.83. The summed E-state index contributed by atoms with van der Waals surface area (Å²) in [6, 6.07) is 12.9. The number of allylic oxidation sites excluding steroid dienone is 1. The summed E-state index contributed by atoms with van der Waals surface area (Å²) in [7, 11) is 3.03. The maximum atomic E-state index is 13.4. The van der Waals surface area contributed by atoms with Crippen molar-refractivity contribution in [3.05, 3.63) is 70.0 Å². The Morgan fingerprint density at radius 2 is 1.97 bits per heavy atom. The minimum absolute atomic E-state index is 0.0139. The second-order valence-electron chi connectivity index (χ2n) is 7.01. The van der Waals surface area contributed by atoms with E-state index in [2.05, 4.69) is 6.07 Å². The predicted octanol–water partition coefficient (Wildman–Crippen LogP) is 3.49. The molecule has 1 N–H and O–H groups in total. The summed E-state index contributed by atoms with van der Waals surface area (Å²) in [6.07, 6.45) is -0.0139. The fourth-order valence-corrected chi connectivity index (χ4v) is 5.37. The van der Waals surface area contributed by atoms with Gasteiger partial charge in [0, 0.05) is 23.5 Å². The number of ether oxygens (including phenoxy) is 2. The van der Waals surface area contributed by atoms with Crippen molar-refractivity contribution in [3.63, 3.8) is 0 Å². The number of amides is 1. The molecule has 6 nitrogen and oxygen atoms in total. The molecule has 2 unspecified atom stereocenters. The van der Waals surface area contributed by atoms with E-state index in [1.807, 2.05) is 0 Å². The van der Waals surface area contributed by atoms with Crippen LogP contribution in [0.15, 0.2) is 53.1 Å². The lowest BCUT2D eigenvalue weighted by Gasteiger charge is -2.38. The second-order valence-corrected chi connectivity index (χ2v) is 7.98. The van der Waals surface area contributed by atoms with Crippen molar-refractivity contribution in [2.75, 3.05) is 20.0 Å². The van der Waals surface area contributed by atoms with Gasteiger partial charge in [0.25, 0.3) is 0 Å². The normalized spacial score (nSPS) is 23.2. The van der Waals surface area contributed by atoms with E-state index in [4.69, 9.17) is 9.47 Å². The van der Waals surface area contributed by atoms with Crippen LogP contribution in [0.4, 0.5) is 4.39 Å². The average molecular weight is 426 g/mol. The van der Waals surface area contributed by atoms with E-state index in [-0.39, 0.29) is 18.1 Å². The van der Waals surface area contributed by atoms with E-state index in [9.17, 15) is 19.6 Å². The van der Waals surface area contributed by atoms with E-state index >= 15 is 0 Å². The molecule has 0 aliphatic carbocycles. The number of aliphatic hydroxyl groups is 1. The highest BCUT2D eigenvalue weighted by molar-refractivity contribution is 8.03. The van der Waals surface area contributed by atoms with Crippen molar-refractivity contribution in [3.8, 4) is 17.6 Å². The zero-order valence-corrected chi connectivity index (χ0v) is 17.2. The molecule has 2 aliphatic rings. The van der Waals surface area contributed by atoms with Gasteiger partial charge in [-0.3, -0.25) is 9.69 Å². The van der Waals surface area contributed by atoms with Crippen LogP contribution in [0.3, 0.4) is 0 Å². The molecule has 2 heterocycles. The number of nitrogens with zero attached hydrogens (tertiary/aromatic N) is 2. The van der Waals surface area contributed by atoms with Gasteiger partial charge in [0.15, 0.2) is 17.2 Å². The van der Waals surface area contributed by atoms with Crippen LogP contribution in [0.5, 0.6) is 11.5 Å². The first-order chi connectivity index (χ1) is 14.4. The Kier molecular flexibility index (Phi) is 5.18. The van der Waals surface area contributed by atoms with Gasteiger partial charge < -0.3 is 14.6 Å². The zero-order valence-electron chi connectivity index (χ0n) is 16.4. The highest BCUT2D eigenvalue weighted by atomic mass is 32.2. The summed E-state index contributed by atoms with van der Waals surface area (Å²) >= 11 is 1.24. The molecule has 30 heavy (non-hydrogen) atoms. The molecule has 0 spiro atoms. The van der Waals surface area contributed by atoms with Crippen LogP contribution in [0.25, 0.3) is 0 Å². The number of hydrogen-bond acceptors (Lipinski definition) is 6. The van der Waals surface area contributed by atoms with Crippen LogP contribution in [0, 0.1) is 17.1 Å². The summed E-state index contributed by atoms with van der Waals surface area (Å²) in [6.45, 7) is 0. The van der Waals surface area contributed by atoms with E-state index in [0.29, 0.717) is 33.2 Å². The molecule has 0 saturated carbocycles. The summed E-state index contributed by atoms with van der Waals surface area (Å²) < 4.78 is 24.2. The number of rotatable bonds is 4. The monoisotopic (exact) mass is 426 g/mol. The van der Waals surface area contributed by atoms with E-state index < -0.39 is 17.5 Å². The molecular weight excluding hydrogens is 407 g/mol. The molecule has 2 aromatic carbocycles. The smallest absolute Gasteiger partial charge is 0.231 e. The quantitative estimate of drug-likeness (QED) is 0.806. The Hall–Kier alpha value is -3.02. The number of hydrogen-bond donors (Lipinski definition) is 1. The van der Waals surface area contributed by atoms with Gasteiger partial charge in [-0.05, 0) is 18.2 Å². The number of carbonyl (C=O) groups excluding carboxylic acids is 1. The van der Waals surface area contributed by atoms with Gasteiger partial charge in [-0.15, -0.1) is 11.8 Å². The number of thioether (sulfide) groups is 1. The van der Waals surface area contributed by atoms with Crippen molar-refractivity contribution in [1.29, 1.82) is 5.26 Å². The fourth-order valence-electron chi connectivity index (χ4n) is 4.01. The molecule has 2 aromatic rings. The van der Waals surface area contributed by atoms with Gasteiger partial charge in [-0.2, -0.15) is 5.26 Å². The largest absolute Gasteiger partial charge is 0.493 e. The van der Waals surface area contributed by atoms with Gasteiger partial charge in [-0.1, -0.05) is 24.3 Å². The van der Waals surface area contributed by atoms with E-state index in [1.54, 1.807) is 18.2 Å². The molecular formula is C22H19FN2O4S. The number of fused-ring (bicyclic) bond motifs is 1. The Bertz CT molecular complexity index is 1080. The minimum Gasteiger partial charge on any atom is -0.493 e. The molecule has 154 valence electrons. The average Bonchev–Trinajstić information content (AvgIpc) is 3.12. The van der Waals surface area contributed by atoms with Gasteiger partial charge in [0.1, 0.15) is 5.82 Å². The molecule has 2 atom stereocenters. The Morgan fingerprint density at radius 1 is 1.23 bits per heavy atom. The van der Waals surface area contributed by atoms with E-state index in [0.717, 1.165) is 0 Å². The van der Waals surface area contributed by atoms with Crippen LogP contribution in [0.1, 0.15) is 23.5 Å². The van der Waals surface area contributed by atoms with Crippen molar-refractivity contribution in [1.82, 2.24) is 4.90 Å². The number of carbonyl (C=O) groups is 1. The SMILES string of the molecule is COc1cccc(C2CC(=O)N3C(=C2C#N)SCC3(O)c2ccc(F)cc2)c1OC. The van der Waals surface area contributed by atoms with Crippen LogP contribution < -0.4 is 9.47 Å².